The van der Waals surface area contributed by atoms with Crippen LogP contribution in [0.15, 0.2) is 127 Å². The molecule has 2 heterocycles. The Morgan fingerprint density at radius 1 is 0.769 bits per heavy atom. The molecular formula is C37H25NS. The van der Waals surface area contributed by atoms with Gasteiger partial charge in [0.1, 0.15) is 0 Å². The Kier molecular flexibility index (Phi) is 4.19. The van der Waals surface area contributed by atoms with E-state index in [-0.39, 0.29) is 11.5 Å². The van der Waals surface area contributed by atoms with Crippen LogP contribution >= 0.6 is 11.3 Å². The van der Waals surface area contributed by atoms with Crippen LogP contribution in [0, 0.1) is 0 Å². The van der Waals surface area contributed by atoms with Crippen LogP contribution in [0.2, 0.25) is 0 Å². The van der Waals surface area contributed by atoms with Gasteiger partial charge in [-0.2, -0.15) is 0 Å². The number of thiophene rings is 1. The Morgan fingerprint density at radius 3 is 2.51 bits per heavy atom. The number of anilines is 2. The van der Waals surface area contributed by atoms with Crippen LogP contribution in [-0.4, -0.2) is 6.04 Å². The maximum absolute atomic E-state index is 2.53. The lowest BCUT2D eigenvalue weighted by Crippen LogP contribution is -2.39. The van der Waals surface area contributed by atoms with Crippen molar-refractivity contribution in [3.8, 4) is 21.6 Å². The first-order valence-electron chi connectivity index (χ1n) is 13.6. The van der Waals surface area contributed by atoms with Crippen LogP contribution in [0.4, 0.5) is 11.4 Å². The molecule has 0 N–H and O–H groups in total. The zero-order valence-electron chi connectivity index (χ0n) is 21.6. The van der Waals surface area contributed by atoms with E-state index >= 15 is 0 Å². The number of nitrogens with zero attached hydrogens (tertiary/aromatic N) is 1. The van der Waals surface area contributed by atoms with E-state index in [1.54, 1.807) is 0 Å². The Hall–Kier alpha value is -4.40. The zero-order valence-corrected chi connectivity index (χ0v) is 22.4. The van der Waals surface area contributed by atoms with Crippen molar-refractivity contribution in [3.63, 3.8) is 0 Å². The molecule has 1 aromatic heterocycles. The number of allylic oxidation sites excluding steroid dienone is 2. The normalized spacial score (nSPS) is 20.3. The largest absolute Gasteiger partial charge is 0.333 e. The summed E-state index contributed by atoms with van der Waals surface area (Å²) in [5.41, 5.74) is 10.6. The Morgan fingerprint density at radius 2 is 1.59 bits per heavy atom. The van der Waals surface area contributed by atoms with E-state index in [9.17, 15) is 0 Å². The summed E-state index contributed by atoms with van der Waals surface area (Å²) in [5, 5.41) is 4.10. The Bertz CT molecular complexity index is 2040. The third kappa shape index (κ3) is 2.79. The van der Waals surface area contributed by atoms with Crippen LogP contribution in [0.3, 0.4) is 0 Å². The number of hydrogen-bond acceptors (Lipinski definition) is 2. The number of hydrogen-bond donors (Lipinski definition) is 0. The fraction of sp³-hybridized carbons (Fsp3) is 0.0811. The zero-order chi connectivity index (χ0) is 25.7. The van der Waals surface area contributed by atoms with Gasteiger partial charge in [-0.25, -0.2) is 0 Å². The first-order chi connectivity index (χ1) is 19.2. The summed E-state index contributed by atoms with van der Waals surface area (Å²) in [7, 11) is 0. The van der Waals surface area contributed by atoms with Crippen molar-refractivity contribution in [1.82, 2.24) is 0 Å². The van der Waals surface area contributed by atoms with E-state index in [4.69, 9.17) is 0 Å². The number of rotatable bonds is 2. The van der Waals surface area contributed by atoms with Crippen LogP contribution in [0.5, 0.6) is 0 Å². The van der Waals surface area contributed by atoms with E-state index in [2.05, 4.69) is 139 Å². The molecule has 5 aromatic carbocycles. The fourth-order valence-electron chi connectivity index (χ4n) is 7.28. The number of fused-ring (bicyclic) bond motifs is 8. The first-order valence-corrected chi connectivity index (χ1v) is 14.5. The minimum absolute atomic E-state index is 0.131. The van der Waals surface area contributed by atoms with Gasteiger partial charge in [-0.15, -0.1) is 11.3 Å². The van der Waals surface area contributed by atoms with Gasteiger partial charge in [0, 0.05) is 42.9 Å². The van der Waals surface area contributed by atoms with Crippen LogP contribution < -0.4 is 4.90 Å². The molecule has 9 rings (SSSR count). The molecular weight excluding hydrogens is 490 g/mol. The Labute approximate surface area is 232 Å². The van der Waals surface area contributed by atoms with Crippen LogP contribution in [-0.2, 0) is 5.41 Å². The van der Waals surface area contributed by atoms with Crippen molar-refractivity contribution in [2.75, 3.05) is 4.90 Å². The molecule has 6 aromatic rings. The van der Waals surface area contributed by atoms with Crippen LogP contribution in [0.25, 0.3) is 48.0 Å². The first kappa shape index (κ1) is 21.5. The second-order valence-corrected chi connectivity index (χ2v) is 12.2. The van der Waals surface area contributed by atoms with Gasteiger partial charge in [-0.05, 0) is 76.4 Å². The lowest BCUT2D eigenvalue weighted by atomic mass is 9.73. The molecule has 0 saturated heterocycles. The lowest BCUT2D eigenvalue weighted by molar-refractivity contribution is 0.553. The van der Waals surface area contributed by atoms with Gasteiger partial charge in [0.2, 0.25) is 0 Å². The summed E-state index contributed by atoms with van der Waals surface area (Å²) in [6, 6.07) is 40.5. The molecule has 0 bridgehead atoms. The third-order valence-corrected chi connectivity index (χ3v) is 10.2. The van der Waals surface area contributed by atoms with Gasteiger partial charge in [-0.1, -0.05) is 91.0 Å². The summed E-state index contributed by atoms with van der Waals surface area (Å²) >= 11 is 1.93. The highest BCUT2D eigenvalue weighted by atomic mass is 32.1. The molecule has 0 saturated carbocycles. The van der Waals surface area contributed by atoms with Crippen molar-refractivity contribution in [3.05, 3.63) is 139 Å². The number of benzene rings is 5. The van der Waals surface area contributed by atoms with E-state index in [0.29, 0.717) is 0 Å². The predicted molar refractivity (Wildman–Crippen MR) is 167 cm³/mol. The lowest BCUT2D eigenvalue weighted by Gasteiger charge is -2.36. The van der Waals surface area contributed by atoms with Gasteiger partial charge < -0.3 is 4.90 Å². The molecule has 0 fully saturated rings. The minimum Gasteiger partial charge on any atom is -0.333 e. The smallest absolute Gasteiger partial charge is 0.0655 e. The highest BCUT2D eigenvalue weighted by Crippen LogP contribution is 2.56. The van der Waals surface area contributed by atoms with E-state index < -0.39 is 0 Å². The molecule has 2 aliphatic carbocycles. The summed E-state index contributed by atoms with van der Waals surface area (Å²) < 4.78 is 1.37. The molecule has 2 heteroatoms. The minimum atomic E-state index is -0.131. The van der Waals surface area contributed by atoms with Crippen molar-refractivity contribution >= 4 is 49.1 Å². The van der Waals surface area contributed by atoms with Gasteiger partial charge in [0.25, 0.3) is 0 Å². The Balaban J connectivity index is 1.24. The van der Waals surface area contributed by atoms with Crippen LogP contribution in [0.1, 0.15) is 18.1 Å². The molecule has 3 aliphatic rings. The quantitative estimate of drug-likeness (QED) is 0.221. The van der Waals surface area contributed by atoms with E-state index in [1.165, 1.54) is 70.5 Å². The van der Waals surface area contributed by atoms with Crippen molar-refractivity contribution in [2.45, 2.75) is 18.4 Å². The van der Waals surface area contributed by atoms with Crippen molar-refractivity contribution < 1.29 is 0 Å². The van der Waals surface area contributed by atoms with Gasteiger partial charge in [0.05, 0.1) is 6.04 Å². The van der Waals surface area contributed by atoms with Gasteiger partial charge in [0.15, 0.2) is 0 Å². The average Bonchev–Trinajstić information content (AvgIpc) is 3.60. The maximum Gasteiger partial charge on any atom is 0.0655 e. The monoisotopic (exact) mass is 515 g/mol. The topological polar surface area (TPSA) is 3.24 Å². The molecule has 2 atom stereocenters. The summed E-state index contributed by atoms with van der Waals surface area (Å²) in [5.74, 6) is 0. The second kappa shape index (κ2) is 7.59. The van der Waals surface area contributed by atoms with Crippen molar-refractivity contribution in [1.29, 1.82) is 0 Å². The second-order valence-electron chi connectivity index (χ2n) is 11.1. The predicted octanol–water partition coefficient (Wildman–Crippen LogP) is 10.1. The SMILES string of the molecule is C[C@@]12C=C(c3cc4c5c(cccc5c3)-c3sc5ccccc5c3-4)C=CC1N(c1ccccc1)c1ccccc12. The summed E-state index contributed by atoms with van der Waals surface area (Å²) in [6.07, 6.45) is 7.31. The van der Waals surface area contributed by atoms with E-state index in [1.807, 2.05) is 11.3 Å². The highest BCUT2D eigenvalue weighted by Gasteiger charge is 2.47. The summed E-state index contributed by atoms with van der Waals surface area (Å²) in [4.78, 5) is 3.92. The molecule has 39 heavy (non-hydrogen) atoms. The van der Waals surface area contributed by atoms with Gasteiger partial charge >= 0.3 is 0 Å². The van der Waals surface area contributed by atoms with E-state index in [0.717, 1.165) is 0 Å². The maximum atomic E-state index is 2.53. The van der Waals surface area contributed by atoms with Gasteiger partial charge in [-0.3, -0.25) is 0 Å². The molecule has 0 amide bonds. The molecule has 1 nitrogen and oxygen atoms in total. The third-order valence-electron chi connectivity index (χ3n) is 9.00. The van der Waals surface area contributed by atoms with Crippen molar-refractivity contribution in [2.24, 2.45) is 0 Å². The molecule has 1 unspecified atom stereocenters. The fourth-order valence-corrected chi connectivity index (χ4v) is 8.53. The molecule has 0 spiro atoms. The highest BCUT2D eigenvalue weighted by molar-refractivity contribution is 7.23. The standard InChI is InChI=1S/C37H25NS/c1-37-22-24(18-19-33(37)38(26-11-3-2-4-12-26)31-16-7-6-15-30(31)37)25-20-23-10-9-14-28-34(23)29(21-25)35-27-13-5-8-17-32(27)39-36(28)35/h2-22,33H,1H3/t33?,37-/m0/s1. The molecule has 184 valence electrons. The number of para-hydroxylation sites is 2. The molecule has 1 aliphatic heterocycles. The summed E-state index contributed by atoms with van der Waals surface area (Å²) in [6.45, 7) is 2.41. The molecule has 0 radical (unpaired) electrons. The average molecular weight is 516 g/mol.